The highest BCUT2D eigenvalue weighted by atomic mass is 35.5. The van der Waals surface area contributed by atoms with Gasteiger partial charge in [0.1, 0.15) is 0 Å². The third kappa shape index (κ3) is 4.39. The van der Waals surface area contributed by atoms with Crippen LogP contribution in [0.2, 0.25) is 5.02 Å². The molecule has 0 aliphatic rings. The van der Waals surface area contributed by atoms with E-state index in [1.165, 1.54) is 0 Å². The third-order valence-electron chi connectivity index (χ3n) is 3.16. The number of amides is 1. The van der Waals surface area contributed by atoms with Crippen LogP contribution in [0.1, 0.15) is 6.42 Å². The highest BCUT2D eigenvalue weighted by molar-refractivity contribution is 6.31. The SMILES string of the molecule is CN(CCC(=O)Nc1cc(Cl)ccc1N)c1ccccc1. The Balaban J connectivity index is 1.89. The van der Waals surface area contributed by atoms with Gasteiger partial charge in [-0.05, 0) is 30.3 Å². The third-order valence-corrected chi connectivity index (χ3v) is 3.40. The summed E-state index contributed by atoms with van der Waals surface area (Å²) in [6, 6.07) is 14.9. The zero-order valence-corrected chi connectivity index (χ0v) is 12.6. The molecule has 1 amide bonds. The summed E-state index contributed by atoms with van der Waals surface area (Å²) >= 11 is 5.89. The van der Waals surface area contributed by atoms with Gasteiger partial charge in [-0.2, -0.15) is 0 Å². The number of rotatable bonds is 5. The maximum Gasteiger partial charge on any atom is 0.226 e. The molecule has 0 bridgehead atoms. The van der Waals surface area contributed by atoms with Crippen LogP contribution in [-0.2, 0) is 4.79 Å². The second-order valence-corrected chi connectivity index (χ2v) is 5.22. The fourth-order valence-electron chi connectivity index (χ4n) is 1.93. The van der Waals surface area contributed by atoms with E-state index < -0.39 is 0 Å². The average Bonchev–Trinajstić information content (AvgIpc) is 2.49. The minimum absolute atomic E-state index is 0.0910. The lowest BCUT2D eigenvalue weighted by atomic mass is 10.2. The molecule has 0 spiro atoms. The molecule has 0 unspecified atom stereocenters. The van der Waals surface area contributed by atoms with Crippen LogP contribution >= 0.6 is 11.6 Å². The number of hydrogen-bond acceptors (Lipinski definition) is 3. The molecule has 0 aliphatic carbocycles. The van der Waals surface area contributed by atoms with Gasteiger partial charge in [-0.1, -0.05) is 29.8 Å². The molecule has 5 heteroatoms. The lowest BCUT2D eigenvalue weighted by Crippen LogP contribution is -2.24. The molecule has 0 atom stereocenters. The lowest BCUT2D eigenvalue weighted by Gasteiger charge is -2.19. The van der Waals surface area contributed by atoms with Gasteiger partial charge in [-0.25, -0.2) is 0 Å². The summed E-state index contributed by atoms with van der Waals surface area (Å²) in [5.41, 5.74) is 7.93. The summed E-state index contributed by atoms with van der Waals surface area (Å²) in [5.74, 6) is -0.0910. The van der Waals surface area contributed by atoms with Gasteiger partial charge in [0.2, 0.25) is 5.91 Å². The molecule has 0 saturated heterocycles. The molecule has 2 aromatic carbocycles. The monoisotopic (exact) mass is 303 g/mol. The summed E-state index contributed by atoms with van der Waals surface area (Å²) in [5, 5.41) is 3.33. The van der Waals surface area contributed by atoms with E-state index in [0.29, 0.717) is 29.4 Å². The molecule has 0 aliphatic heterocycles. The fourth-order valence-corrected chi connectivity index (χ4v) is 2.10. The summed E-state index contributed by atoms with van der Waals surface area (Å²) in [4.78, 5) is 14.0. The maximum atomic E-state index is 12.0. The summed E-state index contributed by atoms with van der Waals surface area (Å²) in [7, 11) is 1.95. The smallest absolute Gasteiger partial charge is 0.226 e. The number of hydrogen-bond donors (Lipinski definition) is 2. The van der Waals surface area contributed by atoms with E-state index in [1.807, 2.05) is 42.3 Å². The van der Waals surface area contributed by atoms with Gasteiger partial charge in [0.05, 0.1) is 11.4 Å². The molecule has 0 aromatic heterocycles. The number of anilines is 3. The molecule has 3 N–H and O–H groups in total. The predicted octanol–water partition coefficient (Wildman–Crippen LogP) is 3.39. The van der Waals surface area contributed by atoms with Gasteiger partial charge >= 0.3 is 0 Å². The number of halogens is 1. The first kappa shape index (κ1) is 15.2. The van der Waals surface area contributed by atoms with Crippen LogP contribution < -0.4 is 16.0 Å². The Labute approximate surface area is 129 Å². The topological polar surface area (TPSA) is 58.4 Å². The van der Waals surface area contributed by atoms with Crippen molar-refractivity contribution in [3.8, 4) is 0 Å². The van der Waals surface area contributed by atoms with Crippen LogP contribution in [0, 0.1) is 0 Å². The van der Waals surface area contributed by atoms with E-state index in [9.17, 15) is 4.79 Å². The molecular weight excluding hydrogens is 286 g/mol. The van der Waals surface area contributed by atoms with Crippen molar-refractivity contribution in [2.45, 2.75) is 6.42 Å². The van der Waals surface area contributed by atoms with Gasteiger partial charge in [-0.15, -0.1) is 0 Å². The summed E-state index contributed by atoms with van der Waals surface area (Å²) in [6.07, 6.45) is 0.372. The highest BCUT2D eigenvalue weighted by Gasteiger charge is 2.08. The Morgan fingerprint density at radius 3 is 2.67 bits per heavy atom. The minimum Gasteiger partial charge on any atom is -0.397 e. The van der Waals surface area contributed by atoms with Gasteiger partial charge in [0, 0.05) is 30.7 Å². The molecule has 21 heavy (non-hydrogen) atoms. The first-order valence-electron chi connectivity index (χ1n) is 6.67. The minimum atomic E-state index is -0.0910. The number of carbonyl (C=O) groups excluding carboxylic acids is 1. The Morgan fingerprint density at radius 1 is 1.24 bits per heavy atom. The second-order valence-electron chi connectivity index (χ2n) is 4.79. The molecule has 0 radical (unpaired) electrons. The van der Waals surface area contributed by atoms with Crippen molar-refractivity contribution in [1.82, 2.24) is 0 Å². The van der Waals surface area contributed by atoms with Crippen molar-refractivity contribution in [2.75, 3.05) is 29.5 Å². The average molecular weight is 304 g/mol. The molecule has 0 heterocycles. The number of nitrogens with two attached hydrogens (primary N) is 1. The molecular formula is C16H18ClN3O. The van der Waals surface area contributed by atoms with Gasteiger partial charge in [0.25, 0.3) is 0 Å². The van der Waals surface area contributed by atoms with Crippen molar-refractivity contribution in [2.24, 2.45) is 0 Å². The van der Waals surface area contributed by atoms with Gasteiger partial charge < -0.3 is 16.0 Å². The van der Waals surface area contributed by atoms with Crippen molar-refractivity contribution in [3.63, 3.8) is 0 Å². The number of para-hydroxylation sites is 1. The largest absolute Gasteiger partial charge is 0.397 e. The Kier molecular flexibility index (Phi) is 5.06. The molecule has 2 rings (SSSR count). The lowest BCUT2D eigenvalue weighted by molar-refractivity contribution is -0.116. The van der Waals surface area contributed by atoms with Crippen molar-refractivity contribution < 1.29 is 4.79 Å². The summed E-state index contributed by atoms with van der Waals surface area (Å²) in [6.45, 7) is 0.621. The fraction of sp³-hybridized carbons (Fsp3) is 0.188. The number of benzene rings is 2. The van der Waals surface area contributed by atoms with Gasteiger partial charge in [-0.3, -0.25) is 4.79 Å². The standard InChI is InChI=1S/C16H18ClN3O/c1-20(13-5-3-2-4-6-13)10-9-16(21)19-15-11-12(17)7-8-14(15)18/h2-8,11H,9-10,18H2,1H3,(H,19,21). The second kappa shape index (κ2) is 6.99. The molecule has 2 aromatic rings. The first-order valence-corrected chi connectivity index (χ1v) is 7.05. The van der Waals surface area contributed by atoms with Crippen LogP contribution in [-0.4, -0.2) is 19.5 Å². The predicted molar refractivity (Wildman–Crippen MR) is 88.8 cm³/mol. The normalized spacial score (nSPS) is 10.2. The first-order chi connectivity index (χ1) is 10.1. The van der Waals surface area contributed by atoms with E-state index >= 15 is 0 Å². The number of nitrogen functional groups attached to an aromatic ring is 1. The van der Waals surface area contributed by atoms with Crippen LogP contribution in [0.15, 0.2) is 48.5 Å². The zero-order valence-electron chi connectivity index (χ0n) is 11.8. The van der Waals surface area contributed by atoms with Crippen LogP contribution in [0.25, 0.3) is 0 Å². The highest BCUT2D eigenvalue weighted by Crippen LogP contribution is 2.23. The van der Waals surface area contributed by atoms with E-state index in [2.05, 4.69) is 5.32 Å². The zero-order chi connectivity index (χ0) is 15.2. The Hall–Kier alpha value is -2.20. The van der Waals surface area contributed by atoms with E-state index in [4.69, 9.17) is 17.3 Å². The van der Waals surface area contributed by atoms with Crippen molar-refractivity contribution in [1.29, 1.82) is 0 Å². The van der Waals surface area contributed by atoms with Crippen LogP contribution in [0.3, 0.4) is 0 Å². The van der Waals surface area contributed by atoms with E-state index in [-0.39, 0.29) is 5.91 Å². The number of carbonyl (C=O) groups is 1. The molecule has 0 saturated carbocycles. The quantitative estimate of drug-likeness (QED) is 0.832. The molecule has 4 nitrogen and oxygen atoms in total. The number of nitrogens with zero attached hydrogens (tertiary/aromatic N) is 1. The molecule has 0 fully saturated rings. The van der Waals surface area contributed by atoms with Gasteiger partial charge in [0.15, 0.2) is 0 Å². The van der Waals surface area contributed by atoms with E-state index in [0.717, 1.165) is 5.69 Å². The Morgan fingerprint density at radius 2 is 1.95 bits per heavy atom. The Bertz CT molecular complexity index is 616. The number of nitrogens with one attached hydrogen (secondary N) is 1. The van der Waals surface area contributed by atoms with Crippen molar-refractivity contribution in [3.05, 3.63) is 53.6 Å². The molecule has 110 valence electrons. The van der Waals surface area contributed by atoms with Crippen LogP contribution in [0.5, 0.6) is 0 Å². The van der Waals surface area contributed by atoms with E-state index in [1.54, 1.807) is 18.2 Å². The van der Waals surface area contributed by atoms with Crippen molar-refractivity contribution >= 4 is 34.6 Å². The maximum absolute atomic E-state index is 12.0. The summed E-state index contributed by atoms with van der Waals surface area (Å²) < 4.78 is 0. The van der Waals surface area contributed by atoms with Crippen LogP contribution in [0.4, 0.5) is 17.1 Å².